The zero-order chi connectivity index (χ0) is 15.2. The zero-order valence-electron chi connectivity index (χ0n) is 12.6. The summed E-state index contributed by atoms with van der Waals surface area (Å²) in [6.07, 6.45) is 7.29. The van der Waals surface area contributed by atoms with E-state index in [4.69, 9.17) is 0 Å². The van der Waals surface area contributed by atoms with Crippen molar-refractivity contribution in [3.63, 3.8) is 0 Å². The summed E-state index contributed by atoms with van der Waals surface area (Å²) in [4.78, 5) is 11.7. The number of phenols is 1. The lowest BCUT2D eigenvalue weighted by Crippen LogP contribution is -2.14. The highest BCUT2D eigenvalue weighted by Gasteiger charge is 2.19. The van der Waals surface area contributed by atoms with Crippen molar-refractivity contribution in [2.24, 2.45) is 11.3 Å². The Morgan fingerprint density at radius 3 is 2.45 bits per heavy atom. The first kappa shape index (κ1) is 16.2. The van der Waals surface area contributed by atoms with Crippen LogP contribution < -0.4 is 0 Å². The van der Waals surface area contributed by atoms with Gasteiger partial charge in [-0.25, -0.2) is 0 Å². The third-order valence-corrected chi connectivity index (χ3v) is 3.57. The molecule has 0 aromatic heterocycles. The molecular weight excluding hydrogens is 248 g/mol. The number of carbonyl (C=O) groups is 1. The molecule has 1 aromatic carbocycles. The number of Topliss-reactive ketones (excluding diaryl/α,β-unsaturated/α-hetero) is 1. The highest BCUT2D eigenvalue weighted by molar-refractivity contribution is 5.80. The first-order valence-electron chi connectivity index (χ1n) is 7.01. The van der Waals surface area contributed by atoms with Gasteiger partial charge in [0, 0.05) is 17.8 Å². The van der Waals surface area contributed by atoms with Crippen LogP contribution in [-0.4, -0.2) is 10.9 Å². The summed E-state index contributed by atoms with van der Waals surface area (Å²) in [5.74, 6) is 0.636. The SMILES string of the molecule is C=CC(C)(/C=C/c1ccc(O)cc1)CCC(=O)C(C)C. The van der Waals surface area contributed by atoms with E-state index in [0.717, 1.165) is 12.0 Å². The van der Waals surface area contributed by atoms with Crippen LogP contribution in [-0.2, 0) is 4.79 Å². The topological polar surface area (TPSA) is 37.3 Å². The minimum absolute atomic E-state index is 0.0881. The van der Waals surface area contributed by atoms with E-state index in [-0.39, 0.29) is 22.9 Å². The van der Waals surface area contributed by atoms with Gasteiger partial charge in [-0.1, -0.05) is 51.1 Å². The molecule has 0 aliphatic heterocycles. The van der Waals surface area contributed by atoms with Crippen molar-refractivity contribution in [3.05, 3.63) is 48.6 Å². The van der Waals surface area contributed by atoms with Crippen molar-refractivity contribution in [1.29, 1.82) is 0 Å². The van der Waals surface area contributed by atoms with Gasteiger partial charge in [0.2, 0.25) is 0 Å². The van der Waals surface area contributed by atoms with Gasteiger partial charge in [0.1, 0.15) is 11.5 Å². The van der Waals surface area contributed by atoms with Crippen LogP contribution in [0.4, 0.5) is 0 Å². The molecule has 0 saturated carbocycles. The van der Waals surface area contributed by atoms with E-state index in [9.17, 15) is 9.90 Å². The number of hydrogen-bond donors (Lipinski definition) is 1. The number of benzene rings is 1. The maximum atomic E-state index is 11.7. The highest BCUT2D eigenvalue weighted by Crippen LogP contribution is 2.28. The van der Waals surface area contributed by atoms with Gasteiger partial charge in [0.15, 0.2) is 0 Å². The molecule has 1 rings (SSSR count). The van der Waals surface area contributed by atoms with Crippen molar-refractivity contribution < 1.29 is 9.90 Å². The number of allylic oxidation sites excluding steroid dienone is 2. The van der Waals surface area contributed by atoms with E-state index in [2.05, 4.69) is 19.6 Å². The minimum Gasteiger partial charge on any atom is -0.508 e. The smallest absolute Gasteiger partial charge is 0.135 e. The average molecular weight is 272 g/mol. The van der Waals surface area contributed by atoms with Crippen molar-refractivity contribution in [3.8, 4) is 5.75 Å². The first-order chi connectivity index (χ1) is 9.36. The van der Waals surface area contributed by atoms with Crippen molar-refractivity contribution in [2.75, 3.05) is 0 Å². The molecule has 108 valence electrons. The molecule has 1 atom stereocenters. The summed E-state index contributed by atoms with van der Waals surface area (Å²) >= 11 is 0. The Labute approximate surface area is 121 Å². The predicted molar refractivity (Wildman–Crippen MR) is 84.5 cm³/mol. The molecule has 20 heavy (non-hydrogen) atoms. The summed E-state index contributed by atoms with van der Waals surface area (Å²) in [6.45, 7) is 9.81. The Morgan fingerprint density at radius 2 is 1.95 bits per heavy atom. The maximum absolute atomic E-state index is 11.7. The van der Waals surface area contributed by atoms with Crippen LogP contribution in [0.3, 0.4) is 0 Å². The Bertz CT molecular complexity index is 483. The van der Waals surface area contributed by atoms with Crippen molar-refractivity contribution in [2.45, 2.75) is 33.6 Å². The first-order valence-corrected chi connectivity index (χ1v) is 7.01. The van der Waals surface area contributed by atoms with E-state index < -0.39 is 0 Å². The number of aromatic hydroxyl groups is 1. The highest BCUT2D eigenvalue weighted by atomic mass is 16.3. The van der Waals surface area contributed by atoms with E-state index in [1.165, 1.54) is 0 Å². The lowest BCUT2D eigenvalue weighted by Gasteiger charge is -2.21. The van der Waals surface area contributed by atoms with E-state index in [1.807, 2.05) is 38.1 Å². The van der Waals surface area contributed by atoms with E-state index >= 15 is 0 Å². The number of ketones is 1. The van der Waals surface area contributed by atoms with Crippen molar-refractivity contribution >= 4 is 11.9 Å². The molecule has 1 N–H and O–H groups in total. The van der Waals surface area contributed by atoms with Gasteiger partial charge in [-0.2, -0.15) is 0 Å². The molecular formula is C18H24O2. The standard InChI is InChI=1S/C18H24O2/c1-5-18(4,13-11-17(20)14(2)3)12-10-15-6-8-16(19)9-7-15/h5-10,12,14,19H,1,11,13H2,2-4H3/b12-10+. The van der Waals surface area contributed by atoms with Crippen LogP contribution in [0, 0.1) is 11.3 Å². The van der Waals surface area contributed by atoms with Crippen molar-refractivity contribution in [1.82, 2.24) is 0 Å². The number of carbonyl (C=O) groups excluding carboxylic acids is 1. The van der Waals surface area contributed by atoms with Crippen LogP contribution in [0.1, 0.15) is 39.2 Å². The second kappa shape index (κ2) is 7.09. The molecule has 0 aliphatic carbocycles. The monoisotopic (exact) mass is 272 g/mol. The summed E-state index contributed by atoms with van der Waals surface area (Å²) in [6, 6.07) is 7.03. The molecule has 2 nitrogen and oxygen atoms in total. The van der Waals surface area contributed by atoms with E-state index in [0.29, 0.717) is 6.42 Å². The molecule has 2 heteroatoms. The molecule has 1 aromatic rings. The fourth-order valence-corrected chi connectivity index (χ4v) is 1.81. The third kappa shape index (κ3) is 5.04. The fourth-order valence-electron chi connectivity index (χ4n) is 1.81. The third-order valence-electron chi connectivity index (χ3n) is 3.57. The van der Waals surface area contributed by atoms with Gasteiger partial charge >= 0.3 is 0 Å². The molecule has 1 unspecified atom stereocenters. The predicted octanol–water partition coefficient (Wildman–Crippen LogP) is 4.60. The quantitative estimate of drug-likeness (QED) is 0.736. The molecule has 0 radical (unpaired) electrons. The summed E-state index contributed by atoms with van der Waals surface area (Å²) in [5.41, 5.74) is 0.827. The van der Waals surface area contributed by atoms with Gasteiger partial charge in [-0.15, -0.1) is 6.58 Å². The second-order valence-electron chi connectivity index (χ2n) is 5.76. The zero-order valence-corrected chi connectivity index (χ0v) is 12.6. The van der Waals surface area contributed by atoms with Crippen LogP contribution in [0.2, 0.25) is 0 Å². The molecule has 0 bridgehead atoms. The summed E-state index contributed by atoms with van der Waals surface area (Å²) in [7, 11) is 0. The van der Waals surface area contributed by atoms with Gasteiger partial charge in [-0.3, -0.25) is 4.79 Å². The summed E-state index contributed by atoms with van der Waals surface area (Å²) in [5, 5.41) is 9.25. The molecule has 0 aliphatic rings. The fraction of sp³-hybridized carbons (Fsp3) is 0.389. The average Bonchev–Trinajstić information content (AvgIpc) is 2.44. The summed E-state index contributed by atoms with van der Waals surface area (Å²) < 4.78 is 0. The van der Waals surface area contributed by atoms with Crippen LogP contribution in [0.5, 0.6) is 5.75 Å². The van der Waals surface area contributed by atoms with Gasteiger partial charge in [0.05, 0.1) is 0 Å². The Kier molecular flexibility index (Phi) is 5.75. The van der Waals surface area contributed by atoms with Crippen LogP contribution in [0.15, 0.2) is 43.0 Å². The van der Waals surface area contributed by atoms with E-state index in [1.54, 1.807) is 12.1 Å². The van der Waals surface area contributed by atoms with Gasteiger partial charge < -0.3 is 5.11 Å². The van der Waals surface area contributed by atoms with Gasteiger partial charge in [-0.05, 0) is 24.1 Å². The largest absolute Gasteiger partial charge is 0.508 e. The number of hydrogen-bond acceptors (Lipinski definition) is 2. The lowest BCUT2D eigenvalue weighted by atomic mass is 9.83. The Hall–Kier alpha value is -1.83. The lowest BCUT2D eigenvalue weighted by molar-refractivity contribution is -0.122. The molecule has 0 heterocycles. The molecule has 0 fully saturated rings. The number of rotatable bonds is 7. The van der Waals surface area contributed by atoms with Crippen LogP contribution >= 0.6 is 0 Å². The Morgan fingerprint density at radius 1 is 1.35 bits per heavy atom. The minimum atomic E-state index is -0.192. The second-order valence-corrected chi connectivity index (χ2v) is 5.76. The molecule has 0 saturated heterocycles. The normalized spacial score (nSPS) is 14.4. The number of phenolic OH excluding ortho intramolecular Hbond substituents is 1. The van der Waals surface area contributed by atoms with Crippen LogP contribution in [0.25, 0.3) is 6.08 Å². The Balaban J connectivity index is 2.71. The molecule has 0 spiro atoms. The maximum Gasteiger partial charge on any atom is 0.135 e. The van der Waals surface area contributed by atoms with Gasteiger partial charge in [0.25, 0.3) is 0 Å². The molecule has 0 amide bonds.